The van der Waals surface area contributed by atoms with Crippen molar-refractivity contribution < 1.29 is 13.5 Å². The summed E-state index contributed by atoms with van der Waals surface area (Å²) in [6, 6.07) is 3.67. The number of nitrogens with zero attached hydrogens (tertiary/aromatic N) is 3. The second kappa shape index (κ2) is 8.47. The summed E-state index contributed by atoms with van der Waals surface area (Å²) in [4.78, 5) is 0. The lowest BCUT2D eigenvalue weighted by Gasteiger charge is -2.09. The van der Waals surface area contributed by atoms with E-state index in [9.17, 15) is 8.78 Å². The Hall–Kier alpha value is -1.48. The fourth-order valence-electron chi connectivity index (χ4n) is 2.77. The predicted molar refractivity (Wildman–Crippen MR) is 99.7 cm³/mol. The third-order valence-electron chi connectivity index (χ3n) is 3.93. The summed E-state index contributed by atoms with van der Waals surface area (Å²) in [6.07, 6.45) is 0.932. The van der Waals surface area contributed by atoms with Crippen molar-refractivity contribution in [2.24, 2.45) is 0 Å². The third-order valence-corrected chi connectivity index (χ3v) is 5.11. The summed E-state index contributed by atoms with van der Waals surface area (Å²) < 4.78 is 34.3. The van der Waals surface area contributed by atoms with Gasteiger partial charge in [-0.1, -0.05) is 23.2 Å². The van der Waals surface area contributed by atoms with Crippen LogP contribution in [0.25, 0.3) is 5.52 Å². The summed E-state index contributed by atoms with van der Waals surface area (Å²) in [5.74, 6) is 0. The average Bonchev–Trinajstić information content (AvgIpc) is 3.18. The molecule has 10 heteroatoms. The maximum absolute atomic E-state index is 12.1. The average molecular weight is 421 g/mol. The van der Waals surface area contributed by atoms with E-state index in [-0.39, 0.29) is 6.61 Å². The first-order valence-corrected chi connectivity index (χ1v) is 9.45. The van der Waals surface area contributed by atoms with E-state index in [0.717, 1.165) is 28.0 Å². The first-order valence-electron chi connectivity index (χ1n) is 7.86. The molecule has 0 saturated heterocycles. The van der Waals surface area contributed by atoms with Gasteiger partial charge in [0.2, 0.25) is 0 Å². The van der Waals surface area contributed by atoms with Crippen molar-refractivity contribution in [3.63, 3.8) is 0 Å². The number of hydrogen-bond donors (Lipinski definition) is 1. The van der Waals surface area contributed by atoms with E-state index in [0.29, 0.717) is 29.7 Å². The molecule has 3 rings (SSSR count). The predicted octanol–water partition coefficient (Wildman–Crippen LogP) is 5.19. The van der Waals surface area contributed by atoms with Crippen LogP contribution in [0.1, 0.15) is 23.2 Å². The monoisotopic (exact) mass is 420 g/mol. The van der Waals surface area contributed by atoms with Gasteiger partial charge in [0.1, 0.15) is 5.15 Å². The molecule has 0 saturated carbocycles. The molecule has 3 aromatic heterocycles. The van der Waals surface area contributed by atoms with Crippen LogP contribution >= 0.6 is 34.7 Å². The Morgan fingerprint density at radius 2 is 2.19 bits per heavy atom. The number of anilines is 1. The number of rotatable bonds is 8. The SMILES string of the molecule is Cc1c(CCCOC(F)F)c(Cl)n2nc(Cl)cc(NCc3ccsn3)c12. The van der Waals surface area contributed by atoms with Gasteiger partial charge in [-0.15, -0.1) is 0 Å². The molecule has 0 aliphatic rings. The number of halogens is 4. The van der Waals surface area contributed by atoms with Crippen molar-refractivity contribution in [1.82, 2.24) is 14.0 Å². The van der Waals surface area contributed by atoms with Gasteiger partial charge >= 0.3 is 6.61 Å². The highest BCUT2D eigenvalue weighted by molar-refractivity contribution is 7.03. The number of aromatic nitrogens is 3. The first kappa shape index (κ1) is 19.3. The largest absolute Gasteiger partial charge is 0.378 e. The second-order valence-corrected chi connectivity index (χ2v) is 7.03. The lowest BCUT2D eigenvalue weighted by molar-refractivity contribution is -0.129. The van der Waals surface area contributed by atoms with Gasteiger partial charge in [0.15, 0.2) is 5.15 Å². The fourth-order valence-corrected chi connectivity index (χ4v) is 3.85. The van der Waals surface area contributed by atoms with E-state index in [1.165, 1.54) is 11.5 Å². The van der Waals surface area contributed by atoms with Gasteiger partial charge in [-0.3, -0.25) is 0 Å². The molecule has 26 heavy (non-hydrogen) atoms. The molecule has 0 aliphatic carbocycles. The first-order chi connectivity index (χ1) is 12.5. The van der Waals surface area contributed by atoms with Crippen LogP contribution in [-0.4, -0.2) is 27.2 Å². The Bertz CT molecular complexity index is 886. The standard InChI is InChI=1S/C16H16Cl2F2N4OS/c1-9-11(3-2-5-25-16(19)20)15(18)24-14(9)12(7-13(17)22-24)21-8-10-4-6-26-23-10/h4,6-7,16,21H,2-3,5,8H2,1H3. The topological polar surface area (TPSA) is 51.5 Å². The van der Waals surface area contributed by atoms with Gasteiger partial charge in [0.05, 0.1) is 30.0 Å². The summed E-state index contributed by atoms with van der Waals surface area (Å²) in [5, 5.41) is 10.2. The van der Waals surface area contributed by atoms with Crippen molar-refractivity contribution in [2.75, 3.05) is 11.9 Å². The maximum Gasteiger partial charge on any atom is 0.345 e. The Morgan fingerprint density at radius 3 is 2.88 bits per heavy atom. The Kier molecular flexibility index (Phi) is 6.29. The lowest BCUT2D eigenvalue weighted by Crippen LogP contribution is -2.03. The second-order valence-electron chi connectivity index (χ2n) is 5.61. The Morgan fingerprint density at radius 1 is 1.38 bits per heavy atom. The van der Waals surface area contributed by atoms with E-state index in [1.807, 2.05) is 18.4 Å². The molecule has 3 heterocycles. The molecule has 0 aromatic carbocycles. The van der Waals surface area contributed by atoms with E-state index >= 15 is 0 Å². The van der Waals surface area contributed by atoms with E-state index in [1.54, 1.807) is 10.6 Å². The molecule has 0 bridgehead atoms. The quantitative estimate of drug-likeness (QED) is 0.509. The highest BCUT2D eigenvalue weighted by atomic mass is 35.5. The van der Waals surface area contributed by atoms with Crippen molar-refractivity contribution in [1.29, 1.82) is 0 Å². The van der Waals surface area contributed by atoms with Crippen LogP contribution in [0, 0.1) is 6.92 Å². The molecular weight excluding hydrogens is 405 g/mol. The van der Waals surface area contributed by atoms with Gasteiger partial charge in [-0.2, -0.15) is 18.3 Å². The summed E-state index contributed by atoms with van der Waals surface area (Å²) in [7, 11) is 0. The van der Waals surface area contributed by atoms with E-state index in [2.05, 4.69) is 19.5 Å². The normalized spacial score (nSPS) is 11.6. The summed E-state index contributed by atoms with van der Waals surface area (Å²) in [6.45, 7) is -0.336. The highest BCUT2D eigenvalue weighted by Gasteiger charge is 2.18. The number of ether oxygens (including phenoxy) is 1. The Labute approximate surface area is 163 Å². The lowest BCUT2D eigenvalue weighted by atomic mass is 10.1. The van der Waals surface area contributed by atoms with Crippen molar-refractivity contribution in [2.45, 2.75) is 32.9 Å². The van der Waals surface area contributed by atoms with Gasteiger partial charge < -0.3 is 10.1 Å². The van der Waals surface area contributed by atoms with Gasteiger partial charge in [0, 0.05) is 11.4 Å². The molecule has 0 radical (unpaired) electrons. The molecule has 0 unspecified atom stereocenters. The van der Waals surface area contributed by atoms with Crippen LogP contribution in [-0.2, 0) is 17.7 Å². The minimum atomic E-state index is -2.76. The molecule has 0 aliphatic heterocycles. The van der Waals surface area contributed by atoms with Crippen LogP contribution < -0.4 is 5.32 Å². The molecule has 1 N–H and O–H groups in total. The van der Waals surface area contributed by atoms with Crippen LogP contribution in [0.4, 0.5) is 14.5 Å². The number of fused-ring (bicyclic) bond motifs is 1. The smallest absolute Gasteiger partial charge is 0.345 e. The Balaban J connectivity index is 1.87. The molecule has 0 fully saturated rings. The minimum Gasteiger partial charge on any atom is -0.378 e. The van der Waals surface area contributed by atoms with Gasteiger partial charge in [0.25, 0.3) is 0 Å². The minimum absolute atomic E-state index is 0.0389. The van der Waals surface area contributed by atoms with Crippen LogP contribution in [0.15, 0.2) is 17.5 Å². The third kappa shape index (κ3) is 4.25. The number of nitrogens with one attached hydrogen (secondary N) is 1. The molecule has 140 valence electrons. The molecular formula is C16H16Cl2F2N4OS. The fraction of sp³-hybridized carbons (Fsp3) is 0.375. The molecule has 0 spiro atoms. The van der Waals surface area contributed by atoms with E-state index in [4.69, 9.17) is 23.2 Å². The van der Waals surface area contributed by atoms with Crippen LogP contribution in [0.5, 0.6) is 0 Å². The van der Waals surface area contributed by atoms with Gasteiger partial charge in [-0.05, 0) is 48.5 Å². The zero-order valence-corrected chi connectivity index (χ0v) is 16.1. The molecule has 3 aromatic rings. The summed E-state index contributed by atoms with van der Waals surface area (Å²) in [5.41, 5.74) is 4.28. The van der Waals surface area contributed by atoms with Crippen LogP contribution in [0.3, 0.4) is 0 Å². The zero-order valence-electron chi connectivity index (χ0n) is 13.8. The van der Waals surface area contributed by atoms with Crippen molar-refractivity contribution >= 4 is 45.9 Å². The number of hydrogen-bond acceptors (Lipinski definition) is 5. The van der Waals surface area contributed by atoms with E-state index < -0.39 is 6.61 Å². The van der Waals surface area contributed by atoms with Crippen LogP contribution in [0.2, 0.25) is 10.3 Å². The molecule has 0 amide bonds. The number of alkyl halides is 2. The highest BCUT2D eigenvalue weighted by Crippen LogP contribution is 2.33. The van der Waals surface area contributed by atoms with Gasteiger partial charge in [-0.25, -0.2) is 4.52 Å². The molecule has 0 atom stereocenters. The van der Waals surface area contributed by atoms with Crippen molar-refractivity contribution in [3.8, 4) is 0 Å². The zero-order chi connectivity index (χ0) is 18.7. The maximum atomic E-state index is 12.1. The summed E-state index contributed by atoms with van der Waals surface area (Å²) >= 11 is 14.0. The molecule has 5 nitrogen and oxygen atoms in total. The number of aryl methyl sites for hydroxylation is 1. The van der Waals surface area contributed by atoms with Crippen molar-refractivity contribution in [3.05, 3.63) is 44.6 Å².